The highest BCUT2D eigenvalue weighted by Crippen LogP contribution is 2.31. The van der Waals surface area contributed by atoms with Gasteiger partial charge in [-0.2, -0.15) is 5.10 Å². The van der Waals surface area contributed by atoms with Gasteiger partial charge in [-0.05, 0) is 25.5 Å². The Hall–Kier alpha value is -3.89. The molecule has 3 heterocycles. The Morgan fingerprint density at radius 3 is 2.69 bits per heavy atom. The maximum atomic E-state index is 13.3. The van der Waals surface area contributed by atoms with Crippen LogP contribution in [-0.4, -0.2) is 52.7 Å². The molecule has 0 radical (unpaired) electrons. The molecule has 1 aromatic carbocycles. The van der Waals surface area contributed by atoms with Crippen LogP contribution in [0.1, 0.15) is 38.1 Å². The van der Waals surface area contributed by atoms with Crippen molar-refractivity contribution in [1.82, 2.24) is 29.2 Å². The summed E-state index contributed by atoms with van der Waals surface area (Å²) in [7, 11) is 0. The van der Waals surface area contributed by atoms with Gasteiger partial charge in [-0.1, -0.05) is 6.07 Å². The molecule has 11 heteroatoms. The van der Waals surface area contributed by atoms with E-state index in [0.29, 0.717) is 30.2 Å². The lowest BCUT2D eigenvalue weighted by Gasteiger charge is -2.27. The van der Waals surface area contributed by atoms with Crippen LogP contribution in [0.25, 0.3) is 5.69 Å². The molecule has 0 saturated heterocycles. The van der Waals surface area contributed by atoms with Gasteiger partial charge in [-0.25, -0.2) is 14.6 Å². The number of aromatic hydroxyl groups is 1. The van der Waals surface area contributed by atoms with E-state index in [1.807, 2.05) is 6.92 Å². The number of imidazole rings is 1. The normalized spacial score (nSPS) is 13.4. The molecule has 29 heavy (non-hydrogen) atoms. The van der Waals surface area contributed by atoms with Gasteiger partial charge in [0.15, 0.2) is 5.69 Å². The third-order valence-electron chi connectivity index (χ3n) is 5.06. The van der Waals surface area contributed by atoms with Crippen molar-refractivity contribution in [1.29, 1.82) is 0 Å². The molecule has 11 nitrogen and oxygen atoms in total. The molecule has 5 N–H and O–H groups in total. The molecule has 0 fully saturated rings. The van der Waals surface area contributed by atoms with Crippen LogP contribution < -0.4 is 11.5 Å². The summed E-state index contributed by atoms with van der Waals surface area (Å²) in [6, 6.07) is 3.24. The van der Waals surface area contributed by atoms with E-state index in [0.717, 1.165) is 5.56 Å². The van der Waals surface area contributed by atoms with Crippen LogP contribution in [0.5, 0.6) is 5.75 Å². The van der Waals surface area contributed by atoms with E-state index in [2.05, 4.69) is 15.1 Å². The monoisotopic (exact) mass is 396 g/mol. The van der Waals surface area contributed by atoms with Crippen LogP contribution >= 0.6 is 0 Å². The number of hydrogen-bond donors (Lipinski definition) is 3. The summed E-state index contributed by atoms with van der Waals surface area (Å²) < 4.78 is 3.11. The number of phenols is 1. The number of nitrogens with zero attached hydrogens (tertiary/aromatic N) is 6. The van der Waals surface area contributed by atoms with E-state index in [1.165, 1.54) is 10.9 Å². The number of aromatic nitrogens is 5. The number of aryl methyl sites for hydroxylation is 1. The van der Waals surface area contributed by atoms with Crippen molar-refractivity contribution in [2.75, 3.05) is 12.3 Å². The Morgan fingerprint density at radius 1 is 1.21 bits per heavy atom. The summed E-state index contributed by atoms with van der Waals surface area (Å²) in [6.07, 6.45) is 1.44. The third kappa shape index (κ3) is 2.87. The number of benzene rings is 1. The fourth-order valence-corrected chi connectivity index (χ4v) is 3.53. The third-order valence-corrected chi connectivity index (χ3v) is 5.06. The first kappa shape index (κ1) is 18.5. The van der Waals surface area contributed by atoms with Crippen molar-refractivity contribution >= 4 is 17.6 Å². The number of nitrogen functional groups attached to an aromatic ring is 1. The highest BCUT2D eigenvalue weighted by Gasteiger charge is 2.31. The van der Waals surface area contributed by atoms with Gasteiger partial charge in [0.25, 0.3) is 11.8 Å². The van der Waals surface area contributed by atoms with Crippen LogP contribution in [0.4, 0.5) is 5.82 Å². The minimum atomic E-state index is -0.843. The van der Waals surface area contributed by atoms with Gasteiger partial charge in [-0.3, -0.25) is 14.2 Å². The Balaban J connectivity index is 1.86. The first-order valence-electron chi connectivity index (χ1n) is 8.93. The van der Waals surface area contributed by atoms with Gasteiger partial charge in [0.1, 0.15) is 23.7 Å². The Labute approximate surface area is 165 Å². The van der Waals surface area contributed by atoms with Gasteiger partial charge < -0.3 is 21.5 Å². The number of hydrogen-bond acceptors (Lipinski definition) is 7. The highest BCUT2D eigenvalue weighted by molar-refractivity contribution is 6.00. The zero-order valence-electron chi connectivity index (χ0n) is 16.0. The summed E-state index contributed by atoms with van der Waals surface area (Å²) in [6.45, 7) is 4.63. The van der Waals surface area contributed by atoms with Crippen molar-refractivity contribution in [3.63, 3.8) is 0 Å². The summed E-state index contributed by atoms with van der Waals surface area (Å²) in [5, 5.41) is 14.3. The van der Waals surface area contributed by atoms with E-state index in [4.69, 9.17) is 11.5 Å². The van der Waals surface area contributed by atoms with E-state index in [1.54, 1.807) is 28.6 Å². The van der Waals surface area contributed by atoms with Gasteiger partial charge >= 0.3 is 0 Å². The molecule has 0 bridgehead atoms. The molecule has 0 spiro atoms. The van der Waals surface area contributed by atoms with Gasteiger partial charge in [0, 0.05) is 12.1 Å². The number of primary amides is 1. The van der Waals surface area contributed by atoms with E-state index in [9.17, 15) is 14.7 Å². The van der Waals surface area contributed by atoms with Crippen molar-refractivity contribution in [2.45, 2.75) is 26.9 Å². The van der Waals surface area contributed by atoms with E-state index < -0.39 is 11.8 Å². The number of nitrogens with two attached hydrogens (primary N) is 2. The molecular weight excluding hydrogens is 376 g/mol. The zero-order chi connectivity index (χ0) is 20.9. The molecule has 0 unspecified atom stereocenters. The lowest BCUT2D eigenvalue weighted by Crippen LogP contribution is -2.40. The average Bonchev–Trinajstić information content (AvgIpc) is 3.29. The topological polar surface area (TPSA) is 158 Å². The number of amides is 2. The van der Waals surface area contributed by atoms with Crippen LogP contribution in [0.3, 0.4) is 0 Å². The summed E-state index contributed by atoms with van der Waals surface area (Å²) in [5.74, 6) is -0.706. The molecule has 4 rings (SSSR count). The molecule has 0 saturated carbocycles. The van der Waals surface area contributed by atoms with E-state index in [-0.39, 0.29) is 29.6 Å². The molecule has 0 atom stereocenters. The summed E-state index contributed by atoms with van der Waals surface area (Å²) >= 11 is 0. The number of rotatable bonds is 3. The predicted molar refractivity (Wildman–Crippen MR) is 102 cm³/mol. The second-order valence-electron chi connectivity index (χ2n) is 6.87. The fourth-order valence-electron chi connectivity index (χ4n) is 3.53. The van der Waals surface area contributed by atoms with Crippen LogP contribution in [0, 0.1) is 13.8 Å². The quantitative estimate of drug-likeness (QED) is 0.567. The minimum absolute atomic E-state index is 0.0313. The lowest BCUT2D eigenvalue weighted by molar-refractivity contribution is 0.0688. The first-order valence-corrected chi connectivity index (χ1v) is 8.93. The number of phenolic OH excluding ortho intramolecular Hbond substituents is 1. The Kier molecular flexibility index (Phi) is 4.22. The molecule has 3 aromatic rings. The van der Waals surface area contributed by atoms with Crippen LogP contribution in [0.15, 0.2) is 18.5 Å². The SMILES string of the molecule is Cc1ccc(O)c(C)c1-n1c(C(=O)N2CCn3ncnc3C2)nc(C(N)=O)c1N. The summed E-state index contributed by atoms with van der Waals surface area (Å²) in [4.78, 5) is 35.1. The van der Waals surface area contributed by atoms with Gasteiger partial charge in [-0.15, -0.1) is 0 Å². The molecule has 150 valence electrons. The molecular formula is C18H20N8O3. The largest absolute Gasteiger partial charge is 0.508 e. The number of carbonyl (C=O) groups excluding carboxylic acids is 2. The Bertz CT molecular complexity index is 1150. The van der Waals surface area contributed by atoms with Crippen molar-refractivity contribution < 1.29 is 14.7 Å². The molecule has 1 aliphatic heterocycles. The highest BCUT2D eigenvalue weighted by atomic mass is 16.3. The number of anilines is 1. The minimum Gasteiger partial charge on any atom is -0.508 e. The first-order chi connectivity index (χ1) is 13.8. The van der Waals surface area contributed by atoms with Crippen molar-refractivity contribution in [2.24, 2.45) is 5.73 Å². The average molecular weight is 396 g/mol. The maximum Gasteiger partial charge on any atom is 0.290 e. The fraction of sp³-hybridized carbons (Fsp3) is 0.278. The lowest BCUT2D eigenvalue weighted by atomic mass is 10.1. The van der Waals surface area contributed by atoms with E-state index >= 15 is 0 Å². The van der Waals surface area contributed by atoms with Crippen molar-refractivity contribution in [3.8, 4) is 11.4 Å². The van der Waals surface area contributed by atoms with Crippen molar-refractivity contribution in [3.05, 3.63) is 46.9 Å². The molecule has 0 aliphatic carbocycles. The smallest absolute Gasteiger partial charge is 0.290 e. The molecule has 2 amide bonds. The zero-order valence-corrected chi connectivity index (χ0v) is 16.0. The second kappa shape index (κ2) is 6.62. The second-order valence-corrected chi connectivity index (χ2v) is 6.87. The summed E-state index contributed by atoms with van der Waals surface area (Å²) in [5.41, 5.74) is 13.1. The maximum absolute atomic E-state index is 13.3. The molecule has 1 aliphatic rings. The Morgan fingerprint density at radius 2 is 1.97 bits per heavy atom. The van der Waals surface area contributed by atoms with Crippen LogP contribution in [0.2, 0.25) is 0 Å². The predicted octanol–water partition coefficient (Wildman–Crippen LogP) is 0.123. The van der Waals surface area contributed by atoms with Gasteiger partial charge in [0.2, 0.25) is 5.82 Å². The number of carbonyl (C=O) groups is 2. The van der Waals surface area contributed by atoms with Gasteiger partial charge in [0.05, 0.1) is 18.8 Å². The van der Waals surface area contributed by atoms with Crippen LogP contribution in [-0.2, 0) is 13.1 Å². The number of fused-ring (bicyclic) bond motifs is 1. The molecule has 2 aromatic heterocycles. The standard InChI is InChI=1S/C18H20N8O3/c1-9-3-4-11(27)10(2)14(9)26-15(19)13(16(20)28)23-17(26)18(29)24-5-6-25-12(7-24)21-8-22-25/h3-4,8,27H,5-7,19H2,1-2H3,(H2,20,28).